The van der Waals surface area contributed by atoms with Crippen molar-refractivity contribution in [3.05, 3.63) is 71.6 Å². The molecule has 0 bridgehead atoms. The van der Waals surface area contributed by atoms with E-state index in [1.165, 1.54) is 12.1 Å². The average Bonchev–Trinajstić information content (AvgIpc) is 3.43. The molecule has 9 nitrogen and oxygen atoms in total. The first-order valence-electron chi connectivity index (χ1n) is 11.6. The first-order chi connectivity index (χ1) is 17.4. The molecule has 1 aliphatic heterocycles. The smallest absolute Gasteiger partial charge is 0.340 e. The van der Waals surface area contributed by atoms with Crippen LogP contribution in [0.15, 0.2) is 48.9 Å². The summed E-state index contributed by atoms with van der Waals surface area (Å²) in [6.07, 6.45) is 0.682. The minimum absolute atomic E-state index is 0.0401. The molecule has 0 spiro atoms. The van der Waals surface area contributed by atoms with Crippen molar-refractivity contribution in [2.24, 2.45) is 7.05 Å². The Balaban J connectivity index is 1.45. The summed E-state index contributed by atoms with van der Waals surface area (Å²) in [6, 6.07) is 7.29. The summed E-state index contributed by atoms with van der Waals surface area (Å²) in [7, 11) is 1.80. The van der Waals surface area contributed by atoms with E-state index in [1.807, 2.05) is 31.5 Å². The average molecular weight is 511 g/mol. The first kappa shape index (κ1) is 24.5. The maximum atomic E-state index is 13.6. The Labute approximate surface area is 211 Å². The molecule has 0 unspecified atom stereocenters. The molecule has 1 N–H and O–H groups in total. The van der Waals surface area contributed by atoms with Crippen LogP contribution in [0.3, 0.4) is 0 Å². The third kappa shape index (κ3) is 4.66. The summed E-state index contributed by atoms with van der Waals surface area (Å²) in [4.78, 5) is 27.9. The number of amides is 1. The fourth-order valence-electron chi connectivity index (χ4n) is 4.44. The van der Waals surface area contributed by atoms with Crippen molar-refractivity contribution in [2.75, 3.05) is 5.32 Å². The third-order valence-corrected chi connectivity index (χ3v) is 6.37. The quantitative estimate of drug-likeness (QED) is 0.423. The molecule has 1 amide bonds. The molecule has 0 atom stereocenters. The standard InChI is InChI=1S/C25H25F3N8O/c1-15-11-29-23(32-20-8-9-30-34(20)4)33-21(15)16-10-18-22(37)36(24(2,3)14-35(18)12-16)13-17-6-5-7-19(31-17)25(26,27)28/h5-12H,13-14H2,1-4H3,(H,29,32,33). The van der Waals surface area contributed by atoms with Crippen molar-refractivity contribution < 1.29 is 18.0 Å². The summed E-state index contributed by atoms with van der Waals surface area (Å²) < 4.78 is 43.0. The summed E-state index contributed by atoms with van der Waals surface area (Å²) in [5.74, 6) is 0.820. The molecule has 5 heterocycles. The van der Waals surface area contributed by atoms with Gasteiger partial charge in [-0.2, -0.15) is 18.3 Å². The molecule has 0 saturated carbocycles. The van der Waals surface area contributed by atoms with E-state index in [0.29, 0.717) is 23.9 Å². The molecule has 12 heteroatoms. The van der Waals surface area contributed by atoms with Gasteiger partial charge in [-0.05, 0) is 44.5 Å². The van der Waals surface area contributed by atoms with Crippen LogP contribution in [0.4, 0.5) is 24.9 Å². The Bertz CT molecular complexity index is 1490. The maximum absolute atomic E-state index is 13.6. The number of nitrogens with zero attached hydrogens (tertiary/aromatic N) is 7. The number of carbonyl (C=O) groups excluding carboxylic acids is 1. The van der Waals surface area contributed by atoms with Gasteiger partial charge in [0.2, 0.25) is 5.95 Å². The van der Waals surface area contributed by atoms with Gasteiger partial charge in [-0.25, -0.2) is 15.0 Å². The van der Waals surface area contributed by atoms with Crippen molar-refractivity contribution >= 4 is 17.7 Å². The zero-order chi connectivity index (χ0) is 26.5. The van der Waals surface area contributed by atoms with Crippen LogP contribution in [-0.2, 0) is 26.3 Å². The number of halogens is 3. The van der Waals surface area contributed by atoms with Crippen LogP contribution in [0.2, 0.25) is 0 Å². The highest BCUT2D eigenvalue weighted by Crippen LogP contribution is 2.33. The molecular formula is C25H25F3N8O. The third-order valence-electron chi connectivity index (χ3n) is 6.37. The second kappa shape index (κ2) is 8.71. The molecule has 0 fully saturated rings. The Kier molecular flexibility index (Phi) is 5.76. The Morgan fingerprint density at radius 2 is 1.95 bits per heavy atom. The zero-order valence-corrected chi connectivity index (χ0v) is 20.7. The monoisotopic (exact) mass is 510 g/mol. The highest BCUT2D eigenvalue weighted by Gasteiger charge is 2.39. The second-order valence-corrected chi connectivity index (χ2v) is 9.65. The highest BCUT2D eigenvalue weighted by molar-refractivity contribution is 5.95. The molecule has 0 saturated heterocycles. The van der Waals surface area contributed by atoms with E-state index in [9.17, 15) is 18.0 Å². The van der Waals surface area contributed by atoms with Gasteiger partial charge in [-0.1, -0.05) is 6.07 Å². The van der Waals surface area contributed by atoms with Gasteiger partial charge in [0.15, 0.2) is 0 Å². The van der Waals surface area contributed by atoms with E-state index in [1.54, 1.807) is 41.2 Å². The van der Waals surface area contributed by atoms with Crippen molar-refractivity contribution in [1.82, 2.24) is 34.2 Å². The lowest BCUT2D eigenvalue weighted by Gasteiger charge is -2.42. The van der Waals surface area contributed by atoms with Gasteiger partial charge < -0.3 is 14.8 Å². The highest BCUT2D eigenvalue weighted by atomic mass is 19.4. The van der Waals surface area contributed by atoms with Crippen LogP contribution in [0.25, 0.3) is 11.3 Å². The summed E-state index contributed by atoms with van der Waals surface area (Å²) in [6.45, 7) is 6.07. The van der Waals surface area contributed by atoms with Crippen molar-refractivity contribution in [3.63, 3.8) is 0 Å². The molecule has 4 aromatic rings. The largest absolute Gasteiger partial charge is 0.433 e. The van der Waals surface area contributed by atoms with Gasteiger partial charge in [0.25, 0.3) is 5.91 Å². The minimum Gasteiger partial charge on any atom is -0.340 e. The zero-order valence-electron chi connectivity index (χ0n) is 20.7. The molecular weight excluding hydrogens is 485 g/mol. The molecule has 0 aromatic carbocycles. The molecule has 0 radical (unpaired) electrons. The van der Waals surface area contributed by atoms with Gasteiger partial charge in [-0.15, -0.1) is 0 Å². The fourth-order valence-corrected chi connectivity index (χ4v) is 4.44. The number of anilines is 2. The number of alkyl halides is 3. The van der Waals surface area contributed by atoms with Crippen LogP contribution >= 0.6 is 0 Å². The number of aryl methyl sites for hydroxylation is 2. The molecule has 192 valence electrons. The van der Waals surface area contributed by atoms with Crippen molar-refractivity contribution in [2.45, 2.75) is 45.6 Å². The number of aromatic nitrogens is 6. The number of hydrogen-bond acceptors (Lipinski definition) is 6. The molecule has 1 aliphatic rings. The maximum Gasteiger partial charge on any atom is 0.433 e. The topological polar surface area (TPSA) is 93.8 Å². The number of pyridine rings is 1. The van der Waals surface area contributed by atoms with Gasteiger partial charge in [0.1, 0.15) is 17.2 Å². The number of fused-ring (bicyclic) bond motifs is 1. The Hall–Kier alpha value is -4.22. The van der Waals surface area contributed by atoms with E-state index in [2.05, 4.69) is 25.4 Å². The lowest BCUT2D eigenvalue weighted by Crippen LogP contribution is -2.54. The van der Waals surface area contributed by atoms with E-state index in [0.717, 1.165) is 23.0 Å². The summed E-state index contributed by atoms with van der Waals surface area (Å²) >= 11 is 0. The number of nitrogens with one attached hydrogen (secondary N) is 1. The predicted octanol–water partition coefficient (Wildman–Crippen LogP) is 4.58. The van der Waals surface area contributed by atoms with E-state index in [4.69, 9.17) is 0 Å². The van der Waals surface area contributed by atoms with Crippen molar-refractivity contribution in [1.29, 1.82) is 0 Å². The normalized spacial score (nSPS) is 15.1. The molecule has 37 heavy (non-hydrogen) atoms. The predicted molar refractivity (Wildman–Crippen MR) is 130 cm³/mol. The number of carbonyl (C=O) groups is 1. The summed E-state index contributed by atoms with van der Waals surface area (Å²) in [5.41, 5.74) is 1.20. The van der Waals surface area contributed by atoms with Gasteiger partial charge >= 0.3 is 6.18 Å². The molecule has 4 aromatic heterocycles. The van der Waals surface area contributed by atoms with E-state index >= 15 is 0 Å². The lowest BCUT2D eigenvalue weighted by atomic mass is 9.98. The fraction of sp³-hybridized carbons (Fsp3) is 0.320. The van der Waals surface area contributed by atoms with E-state index < -0.39 is 17.4 Å². The van der Waals surface area contributed by atoms with E-state index in [-0.39, 0.29) is 18.1 Å². The minimum atomic E-state index is -4.55. The number of rotatable bonds is 5. The Morgan fingerprint density at radius 3 is 2.65 bits per heavy atom. The summed E-state index contributed by atoms with van der Waals surface area (Å²) in [5, 5.41) is 7.26. The van der Waals surface area contributed by atoms with Crippen LogP contribution in [0.1, 0.15) is 41.3 Å². The lowest BCUT2D eigenvalue weighted by molar-refractivity contribution is -0.141. The van der Waals surface area contributed by atoms with Gasteiger partial charge in [0, 0.05) is 37.6 Å². The van der Waals surface area contributed by atoms with Crippen LogP contribution in [0.5, 0.6) is 0 Å². The number of hydrogen-bond donors (Lipinski definition) is 1. The second-order valence-electron chi connectivity index (χ2n) is 9.65. The first-order valence-corrected chi connectivity index (χ1v) is 11.6. The van der Waals surface area contributed by atoms with Gasteiger partial charge in [0.05, 0.1) is 29.7 Å². The van der Waals surface area contributed by atoms with Crippen LogP contribution < -0.4 is 5.32 Å². The van der Waals surface area contributed by atoms with Gasteiger partial charge in [-0.3, -0.25) is 9.48 Å². The molecule has 0 aliphatic carbocycles. The van der Waals surface area contributed by atoms with Crippen LogP contribution in [-0.4, -0.2) is 45.6 Å². The van der Waals surface area contributed by atoms with Crippen LogP contribution in [0, 0.1) is 6.92 Å². The Morgan fingerprint density at radius 1 is 1.16 bits per heavy atom. The van der Waals surface area contributed by atoms with Crippen molar-refractivity contribution in [3.8, 4) is 11.3 Å². The molecule has 5 rings (SSSR count). The SMILES string of the molecule is Cc1cnc(Nc2ccnn2C)nc1-c1cc2n(c1)CC(C)(C)N(Cc1cccc(C(F)(F)F)n1)C2=O.